The number of carboxylic acid groups (broad SMARTS) is 1. The topological polar surface area (TPSA) is 184 Å². The van der Waals surface area contributed by atoms with Crippen molar-refractivity contribution in [1.29, 1.82) is 0 Å². The van der Waals surface area contributed by atoms with Gasteiger partial charge >= 0.3 is 5.97 Å². The molecule has 250 valence electrons. The summed E-state index contributed by atoms with van der Waals surface area (Å²) in [4.78, 5) is 36.4. The van der Waals surface area contributed by atoms with Crippen LogP contribution in [0.25, 0.3) is 33.1 Å². The molecule has 6 heterocycles. The summed E-state index contributed by atoms with van der Waals surface area (Å²) in [7, 11) is 0. The van der Waals surface area contributed by atoms with Gasteiger partial charge in [-0.05, 0) is 98.2 Å². The van der Waals surface area contributed by atoms with E-state index in [-0.39, 0.29) is 17.6 Å². The number of anilines is 1. The second-order valence-electron chi connectivity index (χ2n) is 12.5. The van der Waals surface area contributed by atoms with E-state index in [0.717, 1.165) is 33.4 Å². The molecule has 2 fully saturated rings. The summed E-state index contributed by atoms with van der Waals surface area (Å²) in [5.41, 5.74) is 6.09. The summed E-state index contributed by atoms with van der Waals surface area (Å²) in [6, 6.07) is 4.54. The van der Waals surface area contributed by atoms with Gasteiger partial charge in [0.2, 0.25) is 5.82 Å². The number of carbonyl (C=O) groups is 2. The minimum absolute atomic E-state index is 0.0646. The predicted molar refractivity (Wildman–Crippen MR) is 181 cm³/mol. The lowest BCUT2D eigenvalue weighted by atomic mass is 10.0. The molecular formula is C33H34N12O3S. The molecule has 2 aliphatic rings. The first-order valence-corrected chi connectivity index (χ1v) is 16.8. The quantitative estimate of drug-likeness (QED) is 0.188. The first-order valence-electron chi connectivity index (χ1n) is 16.0. The van der Waals surface area contributed by atoms with Crippen molar-refractivity contribution in [2.45, 2.75) is 71.5 Å². The fraction of sp³-hybridized carbons (Fsp3) is 0.333. The summed E-state index contributed by atoms with van der Waals surface area (Å²) in [6.07, 6.45) is 15.6. The third-order valence-corrected chi connectivity index (χ3v) is 9.08. The number of nitrogens with zero attached hydrogens (tertiary/aromatic N) is 11. The Morgan fingerprint density at radius 3 is 2.00 bits per heavy atom. The molecule has 2 saturated carbocycles. The van der Waals surface area contributed by atoms with Gasteiger partial charge in [0.15, 0.2) is 5.01 Å². The van der Waals surface area contributed by atoms with Crippen LogP contribution in [0, 0.1) is 13.8 Å². The van der Waals surface area contributed by atoms with Crippen molar-refractivity contribution in [3.05, 3.63) is 77.2 Å². The second kappa shape index (κ2) is 13.1. The van der Waals surface area contributed by atoms with Crippen LogP contribution in [0.4, 0.5) is 5.82 Å². The summed E-state index contributed by atoms with van der Waals surface area (Å²) in [5.74, 6) is -0.320. The Hall–Kier alpha value is -5.64. The van der Waals surface area contributed by atoms with E-state index in [4.69, 9.17) is 5.11 Å². The van der Waals surface area contributed by atoms with Crippen LogP contribution in [0.5, 0.6) is 0 Å². The number of carbonyl (C=O) groups excluding carboxylic acids is 1. The van der Waals surface area contributed by atoms with Crippen LogP contribution < -0.4 is 5.32 Å². The normalized spacial score (nSPS) is 14.1. The summed E-state index contributed by atoms with van der Waals surface area (Å²) >= 11 is 1.37. The van der Waals surface area contributed by atoms with Gasteiger partial charge in [-0.15, -0.1) is 16.4 Å². The van der Waals surface area contributed by atoms with Crippen LogP contribution >= 0.6 is 11.3 Å². The minimum atomic E-state index is -1.01. The van der Waals surface area contributed by atoms with Crippen LogP contribution in [0.15, 0.2) is 54.7 Å². The van der Waals surface area contributed by atoms with E-state index in [1.165, 1.54) is 37.0 Å². The Morgan fingerprint density at radius 1 is 0.878 bits per heavy atom. The standard InChI is InChI=1S/C20H21N9OS.C13H13N3O2/c1-11(2)29-18(25-26-27-29)20-24-17(10-31-20)23-19(30)16-6-15(12(3)7-21-16)13-8-22-28(9-13)14-4-5-14;1-8-5-14-12(13(17)18)4-11(8)9-6-15-16(7-9)10-2-3-10/h6-11,14H,4-5H2,1-3H3,(H,23,30);4-7,10H,2-3H2,1H3,(H,17,18). The number of amides is 1. The molecule has 0 unspecified atom stereocenters. The van der Waals surface area contributed by atoms with E-state index in [1.807, 2.05) is 55.6 Å². The smallest absolute Gasteiger partial charge is 0.354 e. The molecule has 0 saturated heterocycles. The van der Waals surface area contributed by atoms with Gasteiger partial charge in [0, 0.05) is 41.3 Å². The number of hydrogen-bond acceptors (Lipinski definition) is 11. The van der Waals surface area contributed by atoms with Gasteiger partial charge < -0.3 is 10.4 Å². The fourth-order valence-electron chi connectivity index (χ4n) is 5.24. The molecular weight excluding hydrogens is 645 g/mol. The monoisotopic (exact) mass is 678 g/mol. The largest absolute Gasteiger partial charge is 0.477 e. The van der Waals surface area contributed by atoms with Gasteiger partial charge in [-0.3, -0.25) is 19.1 Å². The van der Waals surface area contributed by atoms with E-state index in [0.29, 0.717) is 34.4 Å². The maximum Gasteiger partial charge on any atom is 0.354 e. The number of tetrazole rings is 1. The molecule has 0 aliphatic heterocycles. The number of thiazole rings is 1. The Kier molecular flexibility index (Phi) is 8.54. The van der Waals surface area contributed by atoms with Crippen molar-refractivity contribution in [3.8, 4) is 33.1 Å². The summed E-state index contributed by atoms with van der Waals surface area (Å²) in [6.45, 7) is 7.88. The van der Waals surface area contributed by atoms with Crippen molar-refractivity contribution in [2.24, 2.45) is 0 Å². The average molecular weight is 679 g/mol. The number of rotatable bonds is 9. The van der Waals surface area contributed by atoms with E-state index < -0.39 is 5.97 Å². The highest BCUT2D eigenvalue weighted by atomic mass is 32.1. The maximum atomic E-state index is 12.8. The van der Waals surface area contributed by atoms with Gasteiger partial charge in [-0.2, -0.15) is 10.2 Å². The summed E-state index contributed by atoms with van der Waals surface area (Å²) in [5, 5.41) is 34.7. The Balaban J connectivity index is 0.000000178. The Morgan fingerprint density at radius 2 is 1.45 bits per heavy atom. The Labute approximate surface area is 285 Å². The Bertz CT molecular complexity index is 2150. The van der Waals surface area contributed by atoms with E-state index in [2.05, 4.69) is 46.0 Å². The highest BCUT2D eigenvalue weighted by molar-refractivity contribution is 7.13. The highest BCUT2D eigenvalue weighted by Gasteiger charge is 2.26. The number of hydrogen-bond donors (Lipinski definition) is 2. The maximum absolute atomic E-state index is 12.8. The van der Waals surface area contributed by atoms with Crippen LogP contribution in [-0.4, -0.2) is 71.7 Å². The van der Waals surface area contributed by atoms with Gasteiger partial charge in [-0.1, -0.05) is 0 Å². The van der Waals surface area contributed by atoms with Gasteiger partial charge in [-0.25, -0.2) is 19.4 Å². The van der Waals surface area contributed by atoms with Gasteiger partial charge in [0.05, 0.1) is 30.5 Å². The predicted octanol–water partition coefficient (Wildman–Crippen LogP) is 5.82. The van der Waals surface area contributed by atoms with Crippen LogP contribution in [0.1, 0.15) is 89.8 Å². The van der Waals surface area contributed by atoms with Crippen LogP contribution in [-0.2, 0) is 0 Å². The average Bonchev–Trinajstić information content (AvgIpc) is 3.83. The van der Waals surface area contributed by atoms with Gasteiger partial charge in [0.25, 0.3) is 5.91 Å². The molecule has 0 atom stereocenters. The molecule has 6 aromatic rings. The molecule has 15 nitrogen and oxygen atoms in total. The number of aromatic nitrogens is 11. The zero-order valence-corrected chi connectivity index (χ0v) is 28.2. The number of pyridine rings is 2. The molecule has 2 N–H and O–H groups in total. The lowest BCUT2D eigenvalue weighted by Crippen LogP contribution is -2.14. The van der Waals surface area contributed by atoms with Crippen LogP contribution in [0.3, 0.4) is 0 Å². The molecule has 2 aliphatic carbocycles. The molecule has 0 bridgehead atoms. The minimum Gasteiger partial charge on any atom is -0.477 e. The molecule has 0 radical (unpaired) electrons. The first-order chi connectivity index (χ1) is 23.6. The van der Waals surface area contributed by atoms with Gasteiger partial charge in [0.1, 0.15) is 17.2 Å². The molecule has 0 aromatic carbocycles. The SMILES string of the molecule is Cc1cnc(C(=O)Nc2csc(-c3nnnn3C(C)C)n2)cc1-c1cnn(C2CC2)c1.Cc1cnc(C(=O)O)cc1-c1cnn(C2CC2)c1. The number of aryl methyl sites for hydroxylation is 2. The lowest BCUT2D eigenvalue weighted by Gasteiger charge is -2.07. The molecule has 49 heavy (non-hydrogen) atoms. The zero-order valence-electron chi connectivity index (χ0n) is 27.3. The second-order valence-corrected chi connectivity index (χ2v) is 13.3. The molecule has 1 amide bonds. The number of carboxylic acids is 1. The lowest BCUT2D eigenvalue weighted by molar-refractivity contribution is 0.0690. The highest BCUT2D eigenvalue weighted by Crippen LogP contribution is 2.36. The van der Waals surface area contributed by atoms with E-state index >= 15 is 0 Å². The third-order valence-electron chi connectivity index (χ3n) is 8.24. The van der Waals surface area contributed by atoms with Crippen molar-refractivity contribution in [3.63, 3.8) is 0 Å². The molecule has 16 heteroatoms. The van der Waals surface area contributed by atoms with Crippen molar-refractivity contribution >= 4 is 29.0 Å². The third kappa shape index (κ3) is 6.99. The molecule has 6 aromatic heterocycles. The number of nitrogens with one attached hydrogen (secondary N) is 1. The number of aromatic carboxylic acids is 1. The van der Waals surface area contributed by atoms with Crippen molar-refractivity contribution in [1.82, 2.24) is 54.7 Å². The summed E-state index contributed by atoms with van der Waals surface area (Å²) < 4.78 is 5.65. The zero-order chi connectivity index (χ0) is 34.2. The van der Waals surface area contributed by atoms with Crippen molar-refractivity contribution < 1.29 is 14.7 Å². The first kappa shape index (κ1) is 31.9. The van der Waals surface area contributed by atoms with E-state index in [9.17, 15) is 9.59 Å². The van der Waals surface area contributed by atoms with E-state index in [1.54, 1.807) is 40.8 Å². The fourth-order valence-corrected chi connectivity index (χ4v) is 5.96. The molecule has 8 rings (SSSR count). The van der Waals surface area contributed by atoms with Crippen LogP contribution in [0.2, 0.25) is 0 Å². The molecule has 0 spiro atoms. The van der Waals surface area contributed by atoms with Crippen molar-refractivity contribution in [2.75, 3.05) is 5.32 Å².